The van der Waals surface area contributed by atoms with Crippen LogP contribution in [0.5, 0.6) is 0 Å². The van der Waals surface area contributed by atoms with E-state index in [1.807, 2.05) is 0 Å². The molecule has 2 aromatic carbocycles. The van der Waals surface area contributed by atoms with Gasteiger partial charge in [0.2, 0.25) is 19.7 Å². The maximum atomic E-state index is 12.9. The van der Waals surface area contributed by atoms with Gasteiger partial charge >= 0.3 is 0 Å². The minimum absolute atomic E-state index is 0.332. The Bertz CT molecular complexity index is 1410. The summed E-state index contributed by atoms with van der Waals surface area (Å²) in [6.07, 6.45) is 0. The van der Waals surface area contributed by atoms with Gasteiger partial charge in [-0.05, 0) is 12.1 Å². The molecule has 0 amide bonds. The quantitative estimate of drug-likeness (QED) is 0.266. The van der Waals surface area contributed by atoms with Gasteiger partial charge in [-0.25, -0.2) is 16.8 Å². The van der Waals surface area contributed by atoms with E-state index in [4.69, 9.17) is 0 Å². The molecule has 0 radical (unpaired) electrons. The molecular weight excluding hydrogens is 504 g/mol. The molecule has 34 heavy (non-hydrogen) atoms. The third-order valence-corrected chi connectivity index (χ3v) is 8.01. The van der Waals surface area contributed by atoms with Crippen molar-refractivity contribution >= 4 is 42.4 Å². The maximum Gasteiger partial charge on any atom is 0.295 e. The third kappa shape index (κ3) is 4.47. The zero-order valence-corrected chi connectivity index (χ0v) is 18.0. The first-order valence-electron chi connectivity index (χ1n) is 8.27. The second kappa shape index (κ2) is 8.75. The number of rotatable bonds is 9. The van der Waals surface area contributed by atoms with Crippen LogP contribution in [0.3, 0.4) is 0 Å². The predicted molar refractivity (Wildman–Crippen MR) is 112 cm³/mol. The van der Waals surface area contributed by atoms with Crippen molar-refractivity contribution in [1.29, 1.82) is 0 Å². The average Bonchev–Trinajstić information content (AvgIpc) is 2.76. The number of nitro benzene ring substituents is 4. The molecule has 0 fully saturated rings. The molecule has 0 aliphatic rings. The summed E-state index contributed by atoms with van der Waals surface area (Å²) in [5.74, 6) is 0. The second-order valence-corrected chi connectivity index (χ2v) is 10.1. The van der Waals surface area contributed by atoms with E-state index in [1.54, 1.807) is 0 Å². The van der Waals surface area contributed by atoms with Crippen LogP contribution in [0.25, 0.3) is 0 Å². The summed E-state index contributed by atoms with van der Waals surface area (Å²) in [5, 5.41) is 44.2. The summed E-state index contributed by atoms with van der Waals surface area (Å²) >= 11 is 0. The zero-order valence-electron chi connectivity index (χ0n) is 16.4. The third-order valence-electron chi connectivity index (χ3n) is 4.24. The van der Waals surface area contributed by atoms with Gasteiger partial charge in [0.25, 0.3) is 22.7 Å². The summed E-state index contributed by atoms with van der Waals surface area (Å²) in [7, 11) is -10.2. The molecule has 2 rings (SSSR count). The Morgan fingerprint density at radius 3 is 1.12 bits per heavy atom. The van der Waals surface area contributed by atoms with Gasteiger partial charge < -0.3 is 0 Å². The molecule has 0 spiro atoms. The molecule has 0 bridgehead atoms. The number of nitro groups is 4. The fraction of sp³-hybridized carbons (Fsp3) is 0. The zero-order chi connectivity index (χ0) is 26.2. The molecule has 178 valence electrons. The van der Waals surface area contributed by atoms with E-state index >= 15 is 0 Å². The lowest BCUT2D eigenvalue weighted by Gasteiger charge is -2.12. The fourth-order valence-corrected chi connectivity index (χ4v) is 5.64. The Hall–Kier alpha value is -4.58. The predicted octanol–water partition coefficient (Wildman–Crippen LogP) is 2.59. The summed E-state index contributed by atoms with van der Waals surface area (Å²) in [6, 6.07) is 2.88. The van der Waals surface area contributed by atoms with E-state index in [-0.39, 0.29) is 0 Å². The van der Waals surface area contributed by atoms with E-state index in [0.29, 0.717) is 36.4 Å². The van der Waals surface area contributed by atoms with E-state index in [9.17, 15) is 57.3 Å². The Morgan fingerprint density at radius 2 is 0.882 bits per heavy atom. The Balaban J connectivity index is 2.67. The topological polar surface area (TPSA) is 241 Å². The molecule has 0 heterocycles. The number of sulfone groups is 2. The first-order valence-corrected chi connectivity index (χ1v) is 11.2. The molecule has 18 heteroatoms. The fourth-order valence-electron chi connectivity index (χ4n) is 2.54. The number of hydrogen-bond donors (Lipinski definition) is 0. The summed E-state index contributed by atoms with van der Waals surface area (Å²) in [4.78, 5) is 34.7. The highest BCUT2D eigenvalue weighted by atomic mass is 32.2. The maximum absolute atomic E-state index is 12.9. The van der Waals surface area contributed by atoms with E-state index in [2.05, 4.69) is 13.2 Å². The van der Waals surface area contributed by atoms with E-state index < -0.39 is 81.7 Å². The first-order chi connectivity index (χ1) is 15.5. The highest BCUT2D eigenvalue weighted by Gasteiger charge is 2.38. The number of benzene rings is 2. The average molecular weight is 514 g/mol. The molecule has 0 unspecified atom stereocenters. The lowest BCUT2D eigenvalue weighted by molar-refractivity contribution is -0.396. The molecule has 0 aromatic heterocycles. The Labute approximate surface area is 188 Å². The van der Waals surface area contributed by atoms with Gasteiger partial charge in [-0.3, -0.25) is 40.5 Å². The molecule has 0 aliphatic heterocycles. The van der Waals surface area contributed by atoms with Crippen molar-refractivity contribution in [3.8, 4) is 0 Å². The van der Waals surface area contributed by atoms with Gasteiger partial charge in [0.1, 0.15) is 9.79 Å². The number of nitrogens with zero attached hydrogens (tertiary/aromatic N) is 4. The van der Waals surface area contributed by atoms with Crippen molar-refractivity contribution in [3.05, 3.63) is 99.8 Å². The second-order valence-electron chi connectivity index (χ2n) is 6.19. The lowest BCUT2D eigenvalue weighted by atomic mass is 10.3. The van der Waals surface area contributed by atoms with Gasteiger partial charge in [-0.2, -0.15) is 0 Å². The normalized spacial score (nSPS) is 11.4. The van der Waals surface area contributed by atoms with Crippen LogP contribution in [0.4, 0.5) is 22.7 Å². The summed E-state index contributed by atoms with van der Waals surface area (Å²) in [6.45, 7) is 6.14. The number of non-ortho nitro benzene ring substituents is 2. The van der Waals surface area contributed by atoms with Gasteiger partial charge in [-0.1, -0.05) is 13.2 Å². The summed E-state index contributed by atoms with van der Waals surface area (Å²) < 4.78 is 51.6. The van der Waals surface area contributed by atoms with Gasteiger partial charge in [0, 0.05) is 12.1 Å². The van der Waals surface area contributed by atoms with Crippen molar-refractivity contribution < 1.29 is 36.5 Å². The van der Waals surface area contributed by atoms with Crippen LogP contribution in [0.15, 0.2) is 69.2 Å². The van der Waals surface area contributed by atoms with Gasteiger partial charge in [-0.15, -0.1) is 0 Å². The Kier molecular flexibility index (Phi) is 6.61. The smallest absolute Gasteiger partial charge is 0.258 e. The van der Waals surface area contributed by atoms with Crippen molar-refractivity contribution in [3.63, 3.8) is 0 Å². The van der Waals surface area contributed by atoms with E-state index in [0.717, 1.165) is 0 Å². The highest BCUT2D eigenvalue weighted by molar-refractivity contribution is 8.00. The molecule has 2 aromatic rings. The van der Waals surface area contributed by atoms with Crippen molar-refractivity contribution in [2.75, 3.05) is 0 Å². The van der Waals surface area contributed by atoms with Crippen LogP contribution in [0.1, 0.15) is 0 Å². The molecule has 0 N–H and O–H groups in total. The van der Waals surface area contributed by atoms with Crippen LogP contribution >= 0.6 is 0 Å². The minimum atomic E-state index is -5.12. The molecule has 0 saturated carbocycles. The van der Waals surface area contributed by atoms with Crippen molar-refractivity contribution in [2.45, 2.75) is 9.79 Å². The van der Waals surface area contributed by atoms with Crippen LogP contribution in [-0.4, -0.2) is 36.5 Å². The first kappa shape index (κ1) is 25.7. The molecule has 0 atom stereocenters. The van der Waals surface area contributed by atoms with Crippen LogP contribution in [-0.2, 0) is 19.7 Å². The van der Waals surface area contributed by atoms with Gasteiger partial charge in [0.05, 0.1) is 41.6 Å². The van der Waals surface area contributed by atoms with E-state index in [1.165, 1.54) is 0 Å². The minimum Gasteiger partial charge on any atom is -0.258 e. The Morgan fingerprint density at radius 1 is 0.588 bits per heavy atom. The molecular formula is C16H10N4O12S2. The van der Waals surface area contributed by atoms with Crippen molar-refractivity contribution in [1.82, 2.24) is 0 Å². The van der Waals surface area contributed by atoms with Crippen LogP contribution in [0, 0.1) is 40.5 Å². The van der Waals surface area contributed by atoms with Crippen LogP contribution < -0.4 is 0 Å². The molecule has 0 saturated heterocycles. The molecule has 16 nitrogen and oxygen atoms in total. The SMILES string of the molecule is C=C(C(=C)S(=O)(=O)c1ccc([N+](=O)[O-])cc1[N+](=O)[O-])S(=O)(=O)c1ccc([N+](=O)[O-])cc1[N+](=O)[O-]. The van der Waals surface area contributed by atoms with Crippen molar-refractivity contribution in [2.24, 2.45) is 0 Å². The van der Waals surface area contributed by atoms with Crippen LogP contribution in [0.2, 0.25) is 0 Å². The largest absolute Gasteiger partial charge is 0.295 e. The summed E-state index contributed by atoms with van der Waals surface area (Å²) in [5.41, 5.74) is -4.18. The van der Waals surface area contributed by atoms with Gasteiger partial charge in [0.15, 0.2) is 0 Å². The molecule has 0 aliphatic carbocycles. The lowest BCUT2D eigenvalue weighted by Crippen LogP contribution is -2.15. The monoisotopic (exact) mass is 514 g/mol. The highest BCUT2D eigenvalue weighted by Crippen LogP contribution is 2.38. The standard InChI is InChI=1S/C16H10N4O12S2/c1-9(33(29,30)15-5-3-11(17(21)22)7-13(15)19(25)26)10(2)34(31,32)16-6-4-12(18(23)24)8-14(16)20(27)28/h3-8H,1-2H2. The number of hydrogen-bond acceptors (Lipinski definition) is 12.